The van der Waals surface area contributed by atoms with E-state index >= 15 is 0 Å². The zero-order valence-electron chi connectivity index (χ0n) is 13.9. The first kappa shape index (κ1) is 16.0. The number of nitrogens with zero attached hydrogens (tertiary/aromatic N) is 4. The Kier molecular flexibility index (Phi) is 4.37. The molecule has 3 heterocycles. The second kappa shape index (κ2) is 6.81. The van der Waals surface area contributed by atoms with E-state index < -0.39 is 5.91 Å². The van der Waals surface area contributed by atoms with Crippen LogP contribution in [0.25, 0.3) is 0 Å². The molecule has 1 aromatic carbocycles. The third-order valence-electron chi connectivity index (χ3n) is 4.70. The second-order valence-corrected chi connectivity index (χ2v) is 6.51. The summed E-state index contributed by atoms with van der Waals surface area (Å²) in [7, 11) is 0. The Balaban J connectivity index is 1.38. The molecular formula is C17H21N5O3. The molecule has 8 heteroatoms. The van der Waals surface area contributed by atoms with Crippen LogP contribution in [0.1, 0.15) is 23.7 Å². The minimum Gasteiger partial charge on any atom is -0.484 e. The van der Waals surface area contributed by atoms with Crippen molar-refractivity contribution in [2.24, 2.45) is 5.73 Å². The molecule has 1 fully saturated rings. The number of piperidine rings is 1. The molecule has 2 aliphatic rings. The topological polar surface area (TPSA) is 95.5 Å². The van der Waals surface area contributed by atoms with Crippen LogP contribution in [0.2, 0.25) is 0 Å². The molecule has 0 spiro atoms. The maximum atomic E-state index is 10.8. The Morgan fingerprint density at radius 3 is 3.24 bits per heavy atom. The van der Waals surface area contributed by atoms with Gasteiger partial charge in [-0.3, -0.25) is 9.69 Å². The van der Waals surface area contributed by atoms with Crippen LogP contribution in [0.4, 0.5) is 0 Å². The largest absolute Gasteiger partial charge is 0.484 e. The standard InChI is InChI=1S/C17H21N5O3/c18-17(23)11-24-14-3-1-2-12(6-14)8-21-5-4-15-16(9-21)25-10-13-7-19-20-22(13)15/h1-3,6-7,15-16H,4-5,8-11H2,(H2,18,23)/t15-,16-/m0/s1. The Morgan fingerprint density at radius 1 is 1.44 bits per heavy atom. The number of rotatable bonds is 5. The highest BCUT2D eigenvalue weighted by Crippen LogP contribution is 2.31. The molecule has 2 atom stereocenters. The minimum absolute atomic E-state index is 0.106. The number of hydrogen-bond acceptors (Lipinski definition) is 6. The molecule has 0 bridgehead atoms. The lowest BCUT2D eigenvalue weighted by atomic mass is 9.99. The SMILES string of the molecule is NC(=O)COc1cccc(CN2CC[C@H]3[C@H](C2)OCc2cnnn23)c1. The van der Waals surface area contributed by atoms with E-state index in [2.05, 4.69) is 21.3 Å². The van der Waals surface area contributed by atoms with Gasteiger partial charge >= 0.3 is 0 Å². The molecular weight excluding hydrogens is 322 g/mol. The molecule has 1 saturated heterocycles. The lowest BCUT2D eigenvalue weighted by Crippen LogP contribution is -2.48. The fourth-order valence-corrected chi connectivity index (χ4v) is 3.54. The number of amides is 1. The minimum atomic E-state index is -0.477. The van der Waals surface area contributed by atoms with E-state index in [9.17, 15) is 4.79 Å². The van der Waals surface area contributed by atoms with Crippen molar-refractivity contribution in [3.05, 3.63) is 41.7 Å². The van der Waals surface area contributed by atoms with Crippen LogP contribution < -0.4 is 10.5 Å². The Bertz CT molecular complexity index is 762. The third kappa shape index (κ3) is 3.49. The van der Waals surface area contributed by atoms with Crippen LogP contribution in [0.15, 0.2) is 30.5 Å². The lowest BCUT2D eigenvalue weighted by molar-refractivity contribution is -0.119. The van der Waals surface area contributed by atoms with Gasteiger partial charge in [-0.25, -0.2) is 4.68 Å². The average Bonchev–Trinajstić information content (AvgIpc) is 3.09. The van der Waals surface area contributed by atoms with E-state index in [4.69, 9.17) is 15.2 Å². The first-order valence-corrected chi connectivity index (χ1v) is 8.42. The van der Waals surface area contributed by atoms with Crippen LogP contribution in [0.3, 0.4) is 0 Å². The maximum Gasteiger partial charge on any atom is 0.255 e. The molecule has 132 valence electrons. The fourth-order valence-electron chi connectivity index (χ4n) is 3.54. The quantitative estimate of drug-likeness (QED) is 0.849. The summed E-state index contributed by atoms with van der Waals surface area (Å²) in [5.74, 6) is 0.182. The summed E-state index contributed by atoms with van der Waals surface area (Å²) >= 11 is 0. The Labute approximate surface area is 145 Å². The highest BCUT2D eigenvalue weighted by Gasteiger charge is 2.36. The van der Waals surface area contributed by atoms with Crippen LogP contribution in [-0.4, -0.2) is 51.6 Å². The predicted octanol–water partition coefficient (Wildman–Crippen LogP) is 0.488. The van der Waals surface area contributed by atoms with Gasteiger partial charge in [0.1, 0.15) is 5.75 Å². The number of fused-ring (bicyclic) bond motifs is 3. The number of carbonyl (C=O) groups is 1. The smallest absolute Gasteiger partial charge is 0.255 e. The van der Waals surface area contributed by atoms with Crippen LogP contribution in [0, 0.1) is 0 Å². The summed E-state index contributed by atoms with van der Waals surface area (Å²) in [5.41, 5.74) is 7.31. The van der Waals surface area contributed by atoms with E-state index in [0.29, 0.717) is 12.4 Å². The number of hydrogen-bond donors (Lipinski definition) is 1. The van der Waals surface area contributed by atoms with E-state index in [1.807, 2.05) is 22.9 Å². The van der Waals surface area contributed by atoms with Gasteiger partial charge in [0.05, 0.1) is 30.6 Å². The molecule has 2 aliphatic heterocycles. The molecule has 1 amide bonds. The van der Waals surface area contributed by atoms with Gasteiger partial charge in [-0.2, -0.15) is 0 Å². The third-order valence-corrected chi connectivity index (χ3v) is 4.70. The van der Waals surface area contributed by atoms with Gasteiger partial charge in [0, 0.05) is 19.6 Å². The molecule has 0 unspecified atom stereocenters. The molecule has 8 nitrogen and oxygen atoms in total. The van der Waals surface area contributed by atoms with Crippen molar-refractivity contribution in [3.63, 3.8) is 0 Å². The highest BCUT2D eigenvalue weighted by atomic mass is 16.5. The van der Waals surface area contributed by atoms with E-state index in [0.717, 1.165) is 37.3 Å². The summed E-state index contributed by atoms with van der Waals surface area (Å²) in [5, 5.41) is 8.20. The zero-order chi connectivity index (χ0) is 17.2. The molecule has 4 rings (SSSR count). The van der Waals surface area contributed by atoms with Gasteiger partial charge in [0.25, 0.3) is 5.91 Å². The number of primary amides is 1. The van der Waals surface area contributed by atoms with Crippen LogP contribution in [-0.2, 0) is 22.7 Å². The van der Waals surface area contributed by atoms with Crippen molar-refractivity contribution >= 4 is 5.91 Å². The Morgan fingerprint density at radius 2 is 2.36 bits per heavy atom. The molecule has 2 N–H and O–H groups in total. The van der Waals surface area contributed by atoms with Gasteiger partial charge in [-0.1, -0.05) is 17.3 Å². The van der Waals surface area contributed by atoms with Crippen molar-refractivity contribution in [2.75, 3.05) is 19.7 Å². The van der Waals surface area contributed by atoms with Gasteiger partial charge < -0.3 is 15.2 Å². The van der Waals surface area contributed by atoms with Crippen molar-refractivity contribution < 1.29 is 14.3 Å². The van der Waals surface area contributed by atoms with Crippen LogP contribution in [0.5, 0.6) is 5.75 Å². The lowest BCUT2D eigenvalue weighted by Gasteiger charge is -2.41. The van der Waals surface area contributed by atoms with Gasteiger partial charge in [-0.05, 0) is 24.1 Å². The number of aromatic nitrogens is 3. The van der Waals surface area contributed by atoms with Crippen molar-refractivity contribution in [2.45, 2.75) is 31.7 Å². The first-order valence-electron chi connectivity index (χ1n) is 8.42. The summed E-state index contributed by atoms with van der Waals surface area (Å²) in [4.78, 5) is 13.2. The molecule has 0 radical (unpaired) electrons. The summed E-state index contributed by atoms with van der Waals surface area (Å²) in [6, 6.07) is 8.03. The normalized spacial score (nSPS) is 22.9. The summed E-state index contributed by atoms with van der Waals surface area (Å²) < 4.78 is 13.4. The van der Waals surface area contributed by atoms with Crippen molar-refractivity contribution in [1.29, 1.82) is 0 Å². The first-order chi connectivity index (χ1) is 12.2. The highest BCUT2D eigenvalue weighted by molar-refractivity contribution is 5.75. The van der Waals surface area contributed by atoms with Gasteiger partial charge in [-0.15, -0.1) is 5.10 Å². The number of ether oxygens (including phenoxy) is 2. The average molecular weight is 343 g/mol. The summed E-state index contributed by atoms with van der Waals surface area (Å²) in [6.45, 7) is 3.10. The number of nitrogens with two attached hydrogens (primary N) is 1. The van der Waals surface area contributed by atoms with E-state index in [-0.39, 0.29) is 18.8 Å². The second-order valence-electron chi connectivity index (χ2n) is 6.51. The molecule has 2 aromatic rings. The molecule has 0 saturated carbocycles. The fraction of sp³-hybridized carbons (Fsp3) is 0.471. The maximum absolute atomic E-state index is 10.8. The predicted molar refractivity (Wildman–Crippen MR) is 88.7 cm³/mol. The number of benzene rings is 1. The molecule has 0 aliphatic carbocycles. The number of carbonyl (C=O) groups excluding carboxylic acids is 1. The van der Waals surface area contributed by atoms with Crippen molar-refractivity contribution in [3.8, 4) is 5.75 Å². The molecule has 25 heavy (non-hydrogen) atoms. The monoisotopic (exact) mass is 343 g/mol. The van der Waals surface area contributed by atoms with E-state index in [1.54, 1.807) is 6.20 Å². The van der Waals surface area contributed by atoms with Gasteiger partial charge in [0.2, 0.25) is 0 Å². The van der Waals surface area contributed by atoms with Crippen LogP contribution >= 0.6 is 0 Å². The molecule has 1 aromatic heterocycles. The number of likely N-dealkylation sites (tertiary alicyclic amines) is 1. The van der Waals surface area contributed by atoms with Crippen molar-refractivity contribution in [1.82, 2.24) is 19.9 Å². The van der Waals surface area contributed by atoms with Gasteiger partial charge in [0.15, 0.2) is 6.61 Å². The van der Waals surface area contributed by atoms with E-state index in [1.165, 1.54) is 0 Å². The summed E-state index contributed by atoms with van der Waals surface area (Å²) in [6.07, 6.45) is 2.90. The Hall–Kier alpha value is -2.45. The zero-order valence-corrected chi connectivity index (χ0v) is 13.9.